The number of nitrogens with two attached hydrogens (primary N) is 1. The van der Waals surface area contributed by atoms with Gasteiger partial charge in [0, 0.05) is 18.7 Å². The van der Waals surface area contributed by atoms with Gasteiger partial charge < -0.3 is 5.73 Å². The minimum atomic E-state index is -3.72. The van der Waals surface area contributed by atoms with Gasteiger partial charge in [0.2, 0.25) is 10.0 Å². The van der Waals surface area contributed by atoms with Crippen LogP contribution in [-0.2, 0) is 10.0 Å². The van der Waals surface area contributed by atoms with E-state index in [4.69, 9.17) is 5.73 Å². The molecule has 8 heteroatoms. The molecule has 0 aliphatic heterocycles. The van der Waals surface area contributed by atoms with E-state index in [-0.39, 0.29) is 22.3 Å². The molecule has 110 valence electrons. The highest BCUT2D eigenvalue weighted by Gasteiger charge is 2.38. The monoisotopic (exact) mass is 299 g/mol. The predicted octanol–water partition coefficient (Wildman–Crippen LogP) is 1.66. The number of nitro benzene ring substituents is 1. The Balaban J connectivity index is 2.56. The Morgan fingerprint density at radius 1 is 1.45 bits per heavy atom. The van der Waals surface area contributed by atoms with E-state index in [0.717, 1.165) is 18.9 Å². The van der Waals surface area contributed by atoms with Crippen molar-refractivity contribution < 1.29 is 13.3 Å². The maximum Gasteiger partial charge on any atom is 0.293 e. The molecule has 2 N–H and O–H groups in total. The van der Waals surface area contributed by atoms with Crippen LogP contribution in [0.2, 0.25) is 0 Å². The van der Waals surface area contributed by atoms with Gasteiger partial charge in [-0.05, 0) is 31.4 Å². The first kappa shape index (κ1) is 14.7. The zero-order valence-electron chi connectivity index (χ0n) is 11.4. The molecule has 1 aromatic rings. The fraction of sp³-hybridized carbons (Fsp3) is 0.500. The number of rotatable bonds is 5. The van der Waals surface area contributed by atoms with Crippen LogP contribution in [0, 0.1) is 17.0 Å². The highest BCUT2D eigenvalue weighted by Crippen LogP contribution is 2.35. The molecule has 1 saturated carbocycles. The highest BCUT2D eigenvalue weighted by molar-refractivity contribution is 7.89. The largest absolute Gasteiger partial charge is 0.393 e. The van der Waals surface area contributed by atoms with Gasteiger partial charge in [-0.15, -0.1) is 0 Å². The van der Waals surface area contributed by atoms with Gasteiger partial charge in [-0.2, -0.15) is 4.31 Å². The number of benzene rings is 1. The summed E-state index contributed by atoms with van der Waals surface area (Å²) < 4.78 is 26.6. The summed E-state index contributed by atoms with van der Waals surface area (Å²) in [5.41, 5.74) is 5.59. The first-order valence-corrected chi connectivity index (χ1v) is 7.79. The van der Waals surface area contributed by atoms with E-state index in [1.807, 2.05) is 0 Å². The van der Waals surface area contributed by atoms with E-state index in [1.165, 1.54) is 10.4 Å². The molecular formula is C12H17N3O4S. The molecule has 2 rings (SSSR count). The van der Waals surface area contributed by atoms with Gasteiger partial charge in [-0.3, -0.25) is 10.1 Å². The molecular weight excluding hydrogens is 282 g/mol. The molecule has 1 aromatic carbocycles. The first-order valence-electron chi connectivity index (χ1n) is 6.35. The van der Waals surface area contributed by atoms with Crippen LogP contribution in [-0.4, -0.2) is 30.2 Å². The second-order valence-electron chi connectivity index (χ2n) is 4.87. The topological polar surface area (TPSA) is 107 Å². The van der Waals surface area contributed by atoms with Crippen LogP contribution in [0.1, 0.15) is 25.3 Å². The van der Waals surface area contributed by atoms with Gasteiger partial charge in [0.25, 0.3) is 5.69 Å². The van der Waals surface area contributed by atoms with Crippen LogP contribution in [0.25, 0.3) is 0 Å². The third-order valence-electron chi connectivity index (χ3n) is 3.37. The van der Waals surface area contributed by atoms with E-state index in [1.54, 1.807) is 13.8 Å². The Morgan fingerprint density at radius 3 is 2.50 bits per heavy atom. The van der Waals surface area contributed by atoms with Crippen LogP contribution < -0.4 is 5.73 Å². The molecule has 7 nitrogen and oxygen atoms in total. The molecule has 0 amide bonds. The zero-order valence-corrected chi connectivity index (χ0v) is 12.2. The average Bonchev–Trinajstić information content (AvgIpc) is 3.12. The Hall–Kier alpha value is -1.67. The van der Waals surface area contributed by atoms with Crippen LogP contribution in [0.3, 0.4) is 0 Å². The number of hydrogen-bond donors (Lipinski definition) is 1. The standard InChI is InChI=1S/C12H17N3O4S/c1-3-14(9-4-5-9)20(18,19)12-7-11(15(16)17)10(13)6-8(12)2/h6-7,9H,3-5,13H2,1-2H3. The summed E-state index contributed by atoms with van der Waals surface area (Å²) >= 11 is 0. The van der Waals surface area contributed by atoms with Crippen molar-refractivity contribution in [3.8, 4) is 0 Å². The molecule has 0 aromatic heterocycles. The summed E-state index contributed by atoms with van der Waals surface area (Å²) in [7, 11) is -3.72. The molecule has 0 spiro atoms. The van der Waals surface area contributed by atoms with Crippen LogP contribution in [0.4, 0.5) is 11.4 Å². The maximum absolute atomic E-state index is 12.6. The molecule has 0 unspecified atom stereocenters. The molecule has 0 saturated heterocycles. The van der Waals surface area contributed by atoms with Gasteiger partial charge in [0.1, 0.15) is 5.69 Å². The maximum atomic E-state index is 12.6. The smallest absolute Gasteiger partial charge is 0.293 e. The second kappa shape index (κ2) is 5.02. The number of sulfonamides is 1. The SMILES string of the molecule is CCN(C1CC1)S(=O)(=O)c1cc([N+](=O)[O-])c(N)cc1C. The van der Waals surface area contributed by atoms with Crippen molar-refractivity contribution in [1.29, 1.82) is 0 Å². The normalized spacial score (nSPS) is 15.6. The van der Waals surface area contributed by atoms with Crippen LogP contribution in [0.5, 0.6) is 0 Å². The lowest BCUT2D eigenvalue weighted by atomic mass is 10.2. The second-order valence-corrected chi connectivity index (χ2v) is 6.73. The quantitative estimate of drug-likeness (QED) is 0.505. The summed E-state index contributed by atoms with van der Waals surface area (Å²) in [6.45, 7) is 3.70. The van der Waals surface area contributed by atoms with Crippen molar-refractivity contribution in [2.75, 3.05) is 12.3 Å². The lowest BCUT2D eigenvalue weighted by molar-refractivity contribution is -0.384. The van der Waals surface area contributed by atoms with Crippen molar-refractivity contribution in [1.82, 2.24) is 4.31 Å². The van der Waals surface area contributed by atoms with Crippen molar-refractivity contribution in [2.24, 2.45) is 0 Å². The van der Waals surface area contributed by atoms with Gasteiger partial charge in [0.05, 0.1) is 9.82 Å². The molecule has 0 radical (unpaired) electrons. The molecule has 1 aliphatic carbocycles. The van der Waals surface area contributed by atoms with Gasteiger partial charge in [-0.1, -0.05) is 6.92 Å². The summed E-state index contributed by atoms with van der Waals surface area (Å²) in [4.78, 5) is 10.2. The van der Waals surface area contributed by atoms with Crippen LogP contribution >= 0.6 is 0 Å². The van der Waals surface area contributed by atoms with E-state index < -0.39 is 14.9 Å². The minimum absolute atomic E-state index is 0.0148. The minimum Gasteiger partial charge on any atom is -0.393 e. The fourth-order valence-corrected chi connectivity index (χ4v) is 4.17. The number of aryl methyl sites for hydroxylation is 1. The summed E-state index contributed by atoms with van der Waals surface area (Å²) in [6.07, 6.45) is 1.67. The van der Waals surface area contributed by atoms with Gasteiger partial charge in [-0.25, -0.2) is 8.42 Å². The first-order chi connectivity index (χ1) is 9.28. The third-order valence-corrected chi connectivity index (χ3v) is 5.54. The number of nitro groups is 1. The van der Waals surface area contributed by atoms with Crippen molar-refractivity contribution in [2.45, 2.75) is 37.6 Å². The van der Waals surface area contributed by atoms with Gasteiger partial charge >= 0.3 is 0 Å². The number of anilines is 1. The molecule has 0 heterocycles. The number of nitrogens with zero attached hydrogens (tertiary/aromatic N) is 2. The molecule has 1 aliphatic rings. The number of hydrogen-bond acceptors (Lipinski definition) is 5. The van der Waals surface area contributed by atoms with Crippen molar-refractivity contribution in [3.63, 3.8) is 0 Å². The predicted molar refractivity (Wildman–Crippen MR) is 74.8 cm³/mol. The lowest BCUT2D eigenvalue weighted by Crippen LogP contribution is -2.33. The average molecular weight is 299 g/mol. The Morgan fingerprint density at radius 2 is 2.05 bits per heavy atom. The van der Waals surface area contributed by atoms with E-state index >= 15 is 0 Å². The Bertz CT molecular complexity index is 653. The third kappa shape index (κ3) is 2.48. The van der Waals surface area contributed by atoms with Crippen molar-refractivity contribution >= 4 is 21.4 Å². The zero-order chi connectivity index (χ0) is 15.1. The van der Waals surface area contributed by atoms with Crippen molar-refractivity contribution in [3.05, 3.63) is 27.8 Å². The highest BCUT2D eigenvalue weighted by atomic mass is 32.2. The number of nitrogen functional groups attached to an aromatic ring is 1. The summed E-state index contributed by atoms with van der Waals surface area (Å²) in [5, 5.41) is 10.9. The fourth-order valence-electron chi connectivity index (χ4n) is 2.25. The molecule has 0 atom stereocenters. The molecule has 0 bridgehead atoms. The lowest BCUT2D eigenvalue weighted by Gasteiger charge is -2.21. The van der Waals surface area contributed by atoms with E-state index in [9.17, 15) is 18.5 Å². The summed E-state index contributed by atoms with van der Waals surface area (Å²) in [6, 6.07) is 2.41. The Kier molecular flexibility index (Phi) is 3.70. The Labute approximate surface area is 117 Å². The summed E-state index contributed by atoms with van der Waals surface area (Å²) in [5.74, 6) is 0. The van der Waals surface area contributed by atoms with Crippen LogP contribution in [0.15, 0.2) is 17.0 Å². The molecule has 20 heavy (non-hydrogen) atoms. The van der Waals surface area contributed by atoms with E-state index in [2.05, 4.69) is 0 Å². The van der Waals surface area contributed by atoms with Gasteiger partial charge in [0.15, 0.2) is 0 Å². The molecule has 1 fully saturated rings. The van der Waals surface area contributed by atoms with E-state index in [0.29, 0.717) is 12.1 Å².